The van der Waals surface area contributed by atoms with Crippen molar-refractivity contribution < 1.29 is 19.2 Å². The Morgan fingerprint density at radius 1 is 0.500 bits per heavy atom. The van der Waals surface area contributed by atoms with Gasteiger partial charge in [0.2, 0.25) is 18.2 Å². The van der Waals surface area contributed by atoms with Crippen molar-refractivity contribution in [1.29, 1.82) is 0 Å². The molecule has 108 heavy (non-hydrogen) atoms. The summed E-state index contributed by atoms with van der Waals surface area (Å²) in [6.45, 7) is 22.5. The molecule has 0 radical (unpaired) electrons. The minimum Gasteiger partial charge on any atom is -0.352 e. The molecule has 2 aromatic carbocycles. The molecule has 2 aromatic heterocycles. The Morgan fingerprint density at radius 2 is 0.889 bits per heavy atom. The van der Waals surface area contributed by atoms with E-state index in [1.807, 2.05) is 30.1 Å². The first-order valence-electron chi connectivity index (χ1n) is 44.8. The minimum atomic E-state index is -0.790. The molecule has 1 aliphatic rings. The monoisotopic (exact) mass is 1560 g/mol. The topological polar surface area (TPSA) is 98.8 Å². The van der Waals surface area contributed by atoms with Crippen LogP contribution in [0.3, 0.4) is 0 Å². The largest absolute Gasteiger partial charge is 0.352 e. The molecule has 8 nitrogen and oxygen atoms in total. The highest BCUT2D eigenvalue weighted by molar-refractivity contribution is 7.88. The average molecular weight is 1560 g/mol. The number of carbonyl (C=O) groups excluding carboxylic acids is 4. The van der Waals surface area contributed by atoms with Gasteiger partial charge >= 0.3 is 0 Å². The Morgan fingerprint density at radius 3 is 1.34 bits per heavy atom. The number of fused-ring (bicyclic) bond motifs is 2. The van der Waals surface area contributed by atoms with E-state index < -0.39 is 5.92 Å². The van der Waals surface area contributed by atoms with Crippen LogP contribution < -0.4 is 10.6 Å². The van der Waals surface area contributed by atoms with Gasteiger partial charge in [0.15, 0.2) is 0 Å². The van der Waals surface area contributed by atoms with E-state index in [-0.39, 0.29) is 36.0 Å². The number of thiol groups is 2. The number of amides is 4. The van der Waals surface area contributed by atoms with Gasteiger partial charge in [-0.25, -0.2) is 0 Å². The molecule has 5 atom stereocenters. The first-order valence-corrected chi connectivity index (χ1v) is 47.4. The van der Waals surface area contributed by atoms with Crippen LogP contribution in [0.25, 0.3) is 31.6 Å². The lowest BCUT2D eigenvalue weighted by Gasteiger charge is -2.29. The molecule has 4 amide bonds. The predicted molar refractivity (Wildman–Crippen MR) is 480 cm³/mol. The number of thiophene rings is 2. The zero-order valence-electron chi connectivity index (χ0n) is 70.0. The number of carbonyl (C=O) groups is 4. The lowest BCUT2D eigenvalue weighted by atomic mass is 9.92. The summed E-state index contributed by atoms with van der Waals surface area (Å²) in [7, 11) is 0. The lowest BCUT2D eigenvalue weighted by molar-refractivity contribution is -0.131. The van der Waals surface area contributed by atoms with Crippen LogP contribution in [0.4, 0.5) is 0 Å². The number of nitrogens with zero attached hydrogens (tertiary/aromatic N) is 2. The Kier molecular flexibility index (Phi) is 51.0. The van der Waals surface area contributed by atoms with Gasteiger partial charge in [-0.1, -0.05) is 354 Å². The van der Waals surface area contributed by atoms with Crippen molar-refractivity contribution in [3.05, 3.63) is 115 Å². The number of nitrogens with one attached hydrogen (secondary N) is 2. The lowest BCUT2D eigenvalue weighted by Crippen LogP contribution is -2.34. The fourth-order valence-electron chi connectivity index (χ4n) is 16.3. The number of allylic oxidation sites excluding steroid dienone is 4. The van der Waals surface area contributed by atoms with Gasteiger partial charge in [-0.15, -0.1) is 47.9 Å². The maximum absolute atomic E-state index is 16.1. The van der Waals surface area contributed by atoms with Crippen molar-refractivity contribution in [3.63, 3.8) is 0 Å². The fourth-order valence-corrected chi connectivity index (χ4v) is 19.0. The highest BCUT2D eigenvalue weighted by Gasteiger charge is 2.45. The molecule has 2 N–H and O–H groups in total. The first kappa shape index (κ1) is 94.2. The van der Waals surface area contributed by atoms with Crippen molar-refractivity contribution in [2.45, 2.75) is 371 Å². The molecule has 5 unspecified atom stereocenters. The zero-order valence-corrected chi connectivity index (χ0v) is 73.4. The van der Waals surface area contributed by atoms with Crippen LogP contribution >= 0.6 is 47.9 Å². The number of benzene rings is 2. The number of hydrogen-bond acceptors (Lipinski definition) is 8. The van der Waals surface area contributed by atoms with Crippen LogP contribution in [0.1, 0.15) is 380 Å². The van der Waals surface area contributed by atoms with E-state index in [0.29, 0.717) is 64.7 Å². The average Bonchev–Trinajstić information content (AvgIpc) is 1.60. The molecule has 606 valence electrons. The second kappa shape index (κ2) is 58.5. The molecule has 1 aliphatic heterocycles. The van der Waals surface area contributed by atoms with E-state index in [0.717, 1.165) is 163 Å². The summed E-state index contributed by atoms with van der Waals surface area (Å²) in [6.07, 6.45) is 62.6. The Labute approximate surface area is 679 Å². The summed E-state index contributed by atoms with van der Waals surface area (Å²) in [4.78, 5) is 69.2. The normalized spacial score (nSPS) is 15.2. The predicted octanol–water partition coefficient (Wildman–Crippen LogP) is 29.3. The van der Waals surface area contributed by atoms with Crippen molar-refractivity contribution in [2.75, 3.05) is 26.2 Å². The van der Waals surface area contributed by atoms with Crippen molar-refractivity contribution in [1.82, 2.24) is 20.4 Å². The van der Waals surface area contributed by atoms with Gasteiger partial charge in [-0.2, -0.15) is 0 Å². The van der Waals surface area contributed by atoms with Crippen LogP contribution in [0.5, 0.6) is 0 Å². The maximum atomic E-state index is 16.1. The van der Waals surface area contributed by atoms with E-state index in [2.05, 4.69) is 132 Å². The molecule has 4 aromatic rings. The molecule has 0 spiro atoms. The van der Waals surface area contributed by atoms with Crippen LogP contribution in [0, 0.1) is 29.6 Å². The summed E-state index contributed by atoms with van der Waals surface area (Å²) in [5.74, 6) is 0.129. The van der Waals surface area contributed by atoms with E-state index in [1.54, 1.807) is 22.7 Å². The molecule has 0 aliphatic carbocycles. The zero-order chi connectivity index (χ0) is 77.8. The molecular weight excluding hydrogens is 1400 g/mol. The maximum Gasteiger partial charge on any atom is 0.253 e. The van der Waals surface area contributed by atoms with Gasteiger partial charge in [-0.05, 0) is 140 Å². The summed E-state index contributed by atoms with van der Waals surface area (Å²) in [5.41, 5.74) is 3.23. The second-order valence-corrected chi connectivity index (χ2v) is 35.6. The third-order valence-corrected chi connectivity index (χ3v) is 26.3. The highest BCUT2D eigenvalue weighted by Crippen LogP contribution is 2.46. The van der Waals surface area contributed by atoms with Gasteiger partial charge in [0, 0.05) is 40.5 Å². The third-order valence-electron chi connectivity index (χ3n) is 23.0. The summed E-state index contributed by atoms with van der Waals surface area (Å²) in [6, 6.07) is 21.3. The molecule has 5 rings (SSSR count). The SMILES string of the molecule is CCCCCCCCC(CCCCCC)CNC(=O)C1=C(c2cc3ccccc3s2)N(CC(CCCCC)CCCCCCCC)C(=O)C1C/C(S)=C(S)/C=C/C=C(C)/C(C(=O)NCC(CCCCCC)CCCCCCCC)=C(/c1cc2ccccc2s1)N(C=O)CC(CCCCCC)CCCCCCCC. The summed E-state index contributed by atoms with van der Waals surface area (Å²) < 4.78 is 2.24. The van der Waals surface area contributed by atoms with Gasteiger partial charge in [0.05, 0.1) is 38.2 Å². The van der Waals surface area contributed by atoms with Crippen LogP contribution in [-0.4, -0.2) is 60.1 Å². The van der Waals surface area contributed by atoms with Gasteiger partial charge in [0.25, 0.3) is 5.91 Å². The van der Waals surface area contributed by atoms with Crippen LogP contribution in [0.15, 0.2) is 105 Å². The summed E-state index contributed by atoms with van der Waals surface area (Å²) >= 11 is 13.9. The molecule has 0 fully saturated rings. The third kappa shape index (κ3) is 35.4. The second-order valence-electron chi connectivity index (χ2n) is 32.4. The molecule has 12 heteroatoms. The van der Waals surface area contributed by atoms with Crippen molar-refractivity contribution in [2.24, 2.45) is 29.6 Å². The first-order chi connectivity index (χ1) is 52.8. The minimum absolute atomic E-state index is 0.0359. The van der Waals surface area contributed by atoms with Crippen LogP contribution in [0.2, 0.25) is 0 Å². The highest BCUT2D eigenvalue weighted by atomic mass is 32.1. The van der Waals surface area contributed by atoms with E-state index in [1.165, 1.54) is 186 Å². The Balaban J connectivity index is 1.68. The number of hydrogen-bond donors (Lipinski definition) is 4. The molecule has 0 bridgehead atoms. The van der Waals surface area contributed by atoms with E-state index in [9.17, 15) is 4.79 Å². The van der Waals surface area contributed by atoms with Crippen molar-refractivity contribution >= 4 is 104 Å². The van der Waals surface area contributed by atoms with E-state index in [4.69, 9.17) is 25.3 Å². The molecule has 0 saturated heterocycles. The molecule has 3 heterocycles. The Hall–Kier alpha value is -4.36. The molecule has 0 saturated carbocycles. The Bertz CT molecular complexity index is 3210. The standard InChI is InChI=1S/C96H154N4O4S4/c1-10-18-26-33-37-45-57-77(55-42-30-22-14-5)71-97-94(102)90(92(88-68-81-63-49-51-66-86(81)107-88)99(75-101)73-79(60-44-32-24-16-7)61-47-39-35-28-20-12-3)76(9)54-53-65-84(105)85(106)70-83-91(95(103)98-72-78(56-43-31-23-15-6)58-46-38-34-27-19-11-2)93(89-69-82-64-50-52-67-87(82)108-89)100(96(83)104)74-80(59-41-25-17-8)62-48-40-36-29-21-13-4/h49-54,63-69,75,77-80,83,105-106H,10-48,55-62,70-74H2,1-9H3,(H,97,102)(H,98,103)/b65-53+,76-54+,85-84+,92-90+. The van der Waals surface area contributed by atoms with Gasteiger partial charge in [-0.3, -0.25) is 19.2 Å². The quantitative estimate of drug-likeness (QED) is 0.0116. The number of rotatable bonds is 66. The number of unbranched alkanes of at least 4 members (excludes halogenated alkanes) is 31. The smallest absolute Gasteiger partial charge is 0.253 e. The van der Waals surface area contributed by atoms with Gasteiger partial charge < -0.3 is 20.4 Å². The fraction of sp³-hybridized carbons (Fsp3) is 0.688. The summed E-state index contributed by atoms with van der Waals surface area (Å²) in [5, 5.41) is 9.34. The molecular formula is C96H154N4O4S4. The van der Waals surface area contributed by atoms with Crippen molar-refractivity contribution in [3.8, 4) is 0 Å². The van der Waals surface area contributed by atoms with Crippen LogP contribution in [-0.2, 0) is 19.2 Å². The van der Waals surface area contributed by atoms with E-state index >= 15 is 14.4 Å². The van der Waals surface area contributed by atoms with Gasteiger partial charge in [0.1, 0.15) is 0 Å².